The predicted molar refractivity (Wildman–Crippen MR) is 115 cm³/mol. The van der Waals surface area contributed by atoms with Crippen molar-refractivity contribution in [1.29, 1.82) is 0 Å². The summed E-state index contributed by atoms with van der Waals surface area (Å²) in [7, 11) is 8.59. The highest BCUT2D eigenvalue weighted by atomic mass is 16.5. The molecule has 0 aliphatic carbocycles. The van der Waals surface area contributed by atoms with E-state index in [-0.39, 0.29) is 12.1 Å². The smallest absolute Gasteiger partial charge is 0.319 e. The number of rotatable bonds is 8. The van der Waals surface area contributed by atoms with Crippen LogP contribution in [-0.2, 0) is 6.42 Å². The van der Waals surface area contributed by atoms with E-state index in [9.17, 15) is 4.79 Å². The second-order valence-corrected chi connectivity index (χ2v) is 7.19. The molecule has 2 N–H and O–H groups in total. The number of fused-ring (bicyclic) bond motifs is 1. The third kappa shape index (κ3) is 4.71. The van der Waals surface area contributed by atoms with Crippen LogP contribution < -0.4 is 29.6 Å². The van der Waals surface area contributed by atoms with Crippen molar-refractivity contribution in [3.8, 4) is 23.0 Å². The van der Waals surface area contributed by atoms with Gasteiger partial charge in [-0.25, -0.2) is 4.79 Å². The van der Waals surface area contributed by atoms with Crippen molar-refractivity contribution in [3.05, 3.63) is 41.5 Å². The summed E-state index contributed by atoms with van der Waals surface area (Å²) in [5.41, 5.74) is 2.89. The van der Waals surface area contributed by atoms with Gasteiger partial charge < -0.3 is 34.5 Å². The largest absolute Gasteiger partial charge is 0.493 e. The Balaban J connectivity index is 1.68. The Morgan fingerprint density at radius 2 is 1.80 bits per heavy atom. The number of urea groups is 1. The second-order valence-electron chi connectivity index (χ2n) is 7.19. The number of nitrogens with one attached hydrogen (secondary N) is 2. The number of benzene rings is 2. The van der Waals surface area contributed by atoms with E-state index in [1.807, 2.05) is 26.2 Å². The van der Waals surface area contributed by atoms with Gasteiger partial charge in [-0.3, -0.25) is 0 Å². The van der Waals surface area contributed by atoms with E-state index in [4.69, 9.17) is 18.9 Å². The molecule has 0 saturated carbocycles. The molecule has 0 spiro atoms. The van der Waals surface area contributed by atoms with Crippen LogP contribution in [0.4, 0.5) is 10.5 Å². The Kier molecular flexibility index (Phi) is 6.89. The lowest BCUT2D eigenvalue weighted by Crippen LogP contribution is -2.36. The molecule has 1 aliphatic rings. The fourth-order valence-corrected chi connectivity index (χ4v) is 3.53. The molecule has 0 fully saturated rings. The van der Waals surface area contributed by atoms with Gasteiger partial charge >= 0.3 is 6.03 Å². The van der Waals surface area contributed by atoms with Crippen LogP contribution >= 0.6 is 0 Å². The van der Waals surface area contributed by atoms with Crippen LogP contribution in [0.2, 0.25) is 0 Å². The first kappa shape index (κ1) is 21.6. The number of methoxy groups -OCH3 is 3. The van der Waals surface area contributed by atoms with Crippen LogP contribution in [0, 0.1) is 0 Å². The number of hydrogen-bond donors (Lipinski definition) is 2. The summed E-state index contributed by atoms with van der Waals surface area (Å²) in [4.78, 5) is 14.6. The van der Waals surface area contributed by atoms with Gasteiger partial charge in [-0.2, -0.15) is 0 Å². The summed E-state index contributed by atoms with van der Waals surface area (Å²) in [6.07, 6.45) is 0.915. The molecule has 0 radical (unpaired) electrons. The molecule has 30 heavy (non-hydrogen) atoms. The zero-order valence-electron chi connectivity index (χ0n) is 18.1. The maximum Gasteiger partial charge on any atom is 0.319 e. The van der Waals surface area contributed by atoms with E-state index in [1.165, 1.54) is 26.9 Å². The van der Waals surface area contributed by atoms with Gasteiger partial charge in [-0.1, -0.05) is 12.1 Å². The molecule has 1 unspecified atom stereocenters. The Morgan fingerprint density at radius 3 is 2.40 bits per heavy atom. The van der Waals surface area contributed by atoms with Gasteiger partial charge in [0.2, 0.25) is 5.75 Å². The number of anilines is 1. The van der Waals surface area contributed by atoms with Gasteiger partial charge in [0, 0.05) is 25.1 Å². The Morgan fingerprint density at radius 1 is 1.10 bits per heavy atom. The van der Waals surface area contributed by atoms with E-state index in [0.29, 0.717) is 29.5 Å². The van der Waals surface area contributed by atoms with Gasteiger partial charge in [-0.15, -0.1) is 0 Å². The molecule has 3 rings (SSSR count). The van der Waals surface area contributed by atoms with Crippen LogP contribution in [-0.4, -0.2) is 59.5 Å². The predicted octanol–water partition coefficient (Wildman–Crippen LogP) is 3.07. The van der Waals surface area contributed by atoms with Crippen molar-refractivity contribution in [2.45, 2.75) is 12.5 Å². The molecule has 0 bridgehead atoms. The van der Waals surface area contributed by atoms with Crippen molar-refractivity contribution in [2.75, 3.05) is 53.9 Å². The van der Waals surface area contributed by atoms with Crippen LogP contribution in [0.3, 0.4) is 0 Å². The van der Waals surface area contributed by atoms with Crippen molar-refractivity contribution >= 4 is 11.7 Å². The standard InChI is InChI=1S/C22H29N3O5/c1-25(2)17(14-6-7-18-15(10-14)8-9-30-18)13-23-22(26)24-16-11-19(27-3)21(29-5)20(12-16)28-4/h6-7,10-12,17H,8-9,13H2,1-5H3,(H2,23,24,26). The summed E-state index contributed by atoms with van der Waals surface area (Å²) >= 11 is 0. The molecule has 0 aromatic heterocycles. The second kappa shape index (κ2) is 9.58. The first-order chi connectivity index (χ1) is 14.5. The SMILES string of the molecule is COc1cc(NC(=O)NCC(c2ccc3c(c2)CCO3)N(C)C)cc(OC)c1OC. The third-order valence-electron chi connectivity index (χ3n) is 5.10. The van der Waals surface area contributed by atoms with Gasteiger partial charge in [-0.05, 0) is 31.3 Å². The summed E-state index contributed by atoms with van der Waals surface area (Å²) in [6.45, 7) is 1.17. The molecule has 0 saturated heterocycles. The number of hydrogen-bond acceptors (Lipinski definition) is 6. The number of likely N-dealkylation sites (N-methyl/N-ethyl adjacent to an activating group) is 1. The van der Waals surface area contributed by atoms with E-state index in [0.717, 1.165) is 24.3 Å². The first-order valence-corrected chi connectivity index (χ1v) is 9.73. The minimum atomic E-state index is -0.319. The maximum absolute atomic E-state index is 12.5. The van der Waals surface area contributed by atoms with E-state index >= 15 is 0 Å². The summed E-state index contributed by atoms with van der Waals surface area (Å²) in [6, 6.07) is 9.29. The number of amides is 2. The highest BCUT2D eigenvalue weighted by molar-refractivity contribution is 5.90. The Hall–Kier alpha value is -3.13. The number of carbonyl (C=O) groups is 1. The Bertz CT molecular complexity index is 875. The van der Waals surface area contributed by atoms with Crippen LogP contribution in [0.25, 0.3) is 0 Å². The fraction of sp³-hybridized carbons (Fsp3) is 0.409. The summed E-state index contributed by atoms with van der Waals surface area (Å²) in [5, 5.41) is 5.77. The quantitative estimate of drug-likeness (QED) is 0.690. The molecular formula is C22H29N3O5. The lowest BCUT2D eigenvalue weighted by atomic mass is 10.0. The minimum absolute atomic E-state index is 0.0292. The van der Waals surface area contributed by atoms with Crippen LogP contribution in [0.1, 0.15) is 17.2 Å². The maximum atomic E-state index is 12.5. The zero-order valence-corrected chi connectivity index (χ0v) is 18.1. The normalized spacial score (nSPS) is 13.3. The molecule has 2 amide bonds. The molecule has 162 valence electrons. The molecule has 1 heterocycles. The van der Waals surface area contributed by atoms with Crippen molar-refractivity contribution in [3.63, 3.8) is 0 Å². The lowest BCUT2D eigenvalue weighted by molar-refractivity contribution is 0.243. The van der Waals surface area contributed by atoms with E-state index in [1.54, 1.807) is 12.1 Å². The molecular weight excluding hydrogens is 386 g/mol. The van der Waals surface area contributed by atoms with Crippen molar-refractivity contribution in [1.82, 2.24) is 10.2 Å². The molecule has 2 aromatic carbocycles. The average molecular weight is 415 g/mol. The minimum Gasteiger partial charge on any atom is -0.493 e. The van der Waals surface area contributed by atoms with Gasteiger partial charge in [0.15, 0.2) is 11.5 Å². The molecule has 8 heteroatoms. The highest BCUT2D eigenvalue weighted by Crippen LogP contribution is 2.39. The van der Waals surface area contributed by atoms with Gasteiger partial charge in [0.25, 0.3) is 0 Å². The number of nitrogens with zero attached hydrogens (tertiary/aromatic N) is 1. The molecule has 1 aliphatic heterocycles. The average Bonchev–Trinajstić information content (AvgIpc) is 3.20. The number of ether oxygens (including phenoxy) is 4. The molecule has 2 aromatic rings. The number of carbonyl (C=O) groups excluding carboxylic acids is 1. The van der Waals surface area contributed by atoms with E-state index in [2.05, 4.69) is 21.6 Å². The third-order valence-corrected chi connectivity index (χ3v) is 5.10. The zero-order chi connectivity index (χ0) is 21.7. The lowest BCUT2D eigenvalue weighted by Gasteiger charge is -2.25. The van der Waals surface area contributed by atoms with Crippen molar-refractivity contribution < 1.29 is 23.7 Å². The molecule has 1 atom stereocenters. The first-order valence-electron chi connectivity index (χ1n) is 9.73. The molecule has 8 nitrogen and oxygen atoms in total. The highest BCUT2D eigenvalue weighted by Gasteiger charge is 2.20. The van der Waals surface area contributed by atoms with Crippen LogP contribution in [0.15, 0.2) is 30.3 Å². The summed E-state index contributed by atoms with van der Waals surface area (Å²) in [5.74, 6) is 2.36. The monoisotopic (exact) mass is 415 g/mol. The van der Waals surface area contributed by atoms with E-state index < -0.39 is 0 Å². The van der Waals surface area contributed by atoms with Gasteiger partial charge in [0.05, 0.1) is 39.7 Å². The van der Waals surface area contributed by atoms with Crippen LogP contribution in [0.5, 0.6) is 23.0 Å². The Labute approximate surface area is 177 Å². The van der Waals surface area contributed by atoms with Crippen molar-refractivity contribution in [2.24, 2.45) is 0 Å². The fourth-order valence-electron chi connectivity index (χ4n) is 3.53. The topological polar surface area (TPSA) is 81.3 Å². The summed E-state index contributed by atoms with van der Waals surface area (Å²) < 4.78 is 21.6. The van der Waals surface area contributed by atoms with Gasteiger partial charge in [0.1, 0.15) is 5.75 Å².